The summed E-state index contributed by atoms with van der Waals surface area (Å²) in [6.07, 6.45) is 0.154. The number of carbonyl (C=O) groups is 2. The average molecular weight is 289 g/mol. The first kappa shape index (κ1) is 14.8. The van der Waals surface area contributed by atoms with Gasteiger partial charge in [0, 0.05) is 12.0 Å². The molecule has 4 nitrogen and oxygen atoms in total. The quantitative estimate of drug-likeness (QED) is 0.287. The number of thiol groups is 1. The molecule has 0 saturated heterocycles. The molecule has 1 aromatic carbocycles. The Morgan fingerprint density at radius 2 is 2.22 bits per heavy atom. The van der Waals surface area contributed by atoms with E-state index in [-0.39, 0.29) is 17.7 Å². The van der Waals surface area contributed by atoms with Crippen molar-refractivity contribution in [3.05, 3.63) is 29.6 Å². The molecule has 18 heavy (non-hydrogen) atoms. The molecule has 0 aliphatic heterocycles. The zero-order chi connectivity index (χ0) is 13.5. The number of carbonyl (C=O) groups excluding carboxylic acids is 2. The van der Waals surface area contributed by atoms with Gasteiger partial charge in [0.1, 0.15) is 0 Å². The number of hydrogen-bond acceptors (Lipinski definition) is 5. The average Bonchev–Trinajstić information content (AvgIpc) is 2.38. The van der Waals surface area contributed by atoms with Gasteiger partial charge in [0.05, 0.1) is 5.88 Å². The maximum atomic E-state index is 13.6. The first-order valence-electron chi connectivity index (χ1n) is 5.13. The third-order valence-corrected chi connectivity index (χ3v) is 2.66. The second-order valence-electron chi connectivity index (χ2n) is 3.25. The largest absolute Gasteiger partial charge is 0.423 e. The van der Waals surface area contributed by atoms with Crippen LogP contribution in [0.5, 0.6) is 5.75 Å². The van der Waals surface area contributed by atoms with Crippen molar-refractivity contribution in [2.75, 3.05) is 5.88 Å². The van der Waals surface area contributed by atoms with Crippen LogP contribution in [0.1, 0.15) is 23.7 Å². The highest BCUT2D eigenvalue weighted by Crippen LogP contribution is 2.19. The van der Waals surface area contributed by atoms with E-state index < -0.39 is 17.7 Å². The predicted octanol–water partition coefficient (Wildman–Crippen LogP) is 2.41. The zero-order valence-electron chi connectivity index (χ0n) is 9.60. The molecule has 0 heterocycles. The lowest BCUT2D eigenvalue weighted by Gasteiger charge is -2.06. The molecule has 0 aliphatic rings. The summed E-state index contributed by atoms with van der Waals surface area (Å²) in [6, 6.07) is 3.67. The van der Waals surface area contributed by atoms with Gasteiger partial charge in [-0.05, 0) is 18.2 Å². The zero-order valence-corrected chi connectivity index (χ0v) is 11.3. The Kier molecular flexibility index (Phi) is 6.00. The molecule has 1 aromatic rings. The molecule has 0 spiro atoms. The van der Waals surface area contributed by atoms with Gasteiger partial charge in [-0.3, -0.25) is 9.59 Å². The highest BCUT2D eigenvalue weighted by molar-refractivity contribution is 8.68. The number of ether oxygens (including phenoxy) is 1. The summed E-state index contributed by atoms with van der Waals surface area (Å²) < 4.78 is 18.3. The van der Waals surface area contributed by atoms with Gasteiger partial charge < -0.3 is 10.1 Å². The van der Waals surface area contributed by atoms with Crippen molar-refractivity contribution in [2.24, 2.45) is 0 Å². The third-order valence-electron chi connectivity index (χ3n) is 2.00. The van der Waals surface area contributed by atoms with Crippen LogP contribution in [-0.2, 0) is 4.79 Å². The SMILES string of the molecule is CCC(=O)Oc1ccc(C(=O)NCSS)cc1F. The topological polar surface area (TPSA) is 55.4 Å². The molecule has 1 amide bonds. The van der Waals surface area contributed by atoms with E-state index >= 15 is 0 Å². The van der Waals surface area contributed by atoms with Crippen LogP contribution in [0.15, 0.2) is 18.2 Å². The fraction of sp³-hybridized carbons (Fsp3) is 0.273. The van der Waals surface area contributed by atoms with Crippen LogP contribution in [0.2, 0.25) is 0 Å². The lowest BCUT2D eigenvalue weighted by Crippen LogP contribution is -2.22. The van der Waals surface area contributed by atoms with Gasteiger partial charge in [-0.2, -0.15) is 0 Å². The van der Waals surface area contributed by atoms with E-state index in [9.17, 15) is 14.0 Å². The highest BCUT2D eigenvalue weighted by atomic mass is 33.1. The summed E-state index contributed by atoms with van der Waals surface area (Å²) in [7, 11) is 1.14. The Morgan fingerprint density at radius 1 is 1.50 bits per heavy atom. The van der Waals surface area contributed by atoms with Crippen molar-refractivity contribution in [2.45, 2.75) is 13.3 Å². The lowest BCUT2D eigenvalue weighted by molar-refractivity contribution is -0.134. The first-order chi connectivity index (χ1) is 8.58. The number of rotatable bonds is 5. The second kappa shape index (κ2) is 7.27. The molecule has 1 rings (SSSR count). The number of benzene rings is 1. The fourth-order valence-electron chi connectivity index (χ4n) is 1.12. The number of halogens is 1. The van der Waals surface area contributed by atoms with Gasteiger partial charge in [0.15, 0.2) is 11.6 Å². The second-order valence-corrected chi connectivity index (χ2v) is 4.57. The van der Waals surface area contributed by atoms with Gasteiger partial charge in [-0.25, -0.2) is 4.39 Å². The van der Waals surface area contributed by atoms with E-state index in [0.29, 0.717) is 5.88 Å². The first-order valence-corrected chi connectivity index (χ1v) is 7.17. The van der Waals surface area contributed by atoms with Crippen LogP contribution < -0.4 is 10.1 Å². The summed E-state index contributed by atoms with van der Waals surface area (Å²) in [6.45, 7) is 1.61. The smallest absolute Gasteiger partial charge is 0.310 e. The van der Waals surface area contributed by atoms with Crippen LogP contribution in [0.4, 0.5) is 4.39 Å². The molecule has 0 saturated carbocycles. The van der Waals surface area contributed by atoms with Crippen LogP contribution in [0, 0.1) is 5.82 Å². The Labute approximate surface area is 113 Å². The lowest BCUT2D eigenvalue weighted by atomic mass is 10.2. The summed E-state index contributed by atoms with van der Waals surface area (Å²) in [5.41, 5.74) is 0.159. The van der Waals surface area contributed by atoms with Gasteiger partial charge in [0.2, 0.25) is 0 Å². The molecule has 7 heteroatoms. The van der Waals surface area contributed by atoms with Crippen LogP contribution in [-0.4, -0.2) is 17.8 Å². The summed E-state index contributed by atoms with van der Waals surface area (Å²) in [5, 5.41) is 2.52. The highest BCUT2D eigenvalue weighted by Gasteiger charge is 2.12. The summed E-state index contributed by atoms with van der Waals surface area (Å²) in [4.78, 5) is 22.5. The van der Waals surface area contributed by atoms with Crippen molar-refractivity contribution >= 4 is 34.3 Å². The van der Waals surface area contributed by atoms with E-state index in [1.807, 2.05) is 0 Å². The van der Waals surface area contributed by atoms with Gasteiger partial charge in [-0.15, -0.1) is 11.7 Å². The Balaban J connectivity index is 2.78. The molecule has 0 bridgehead atoms. The summed E-state index contributed by atoms with van der Waals surface area (Å²) >= 11 is 3.86. The van der Waals surface area contributed by atoms with Crippen molar-refractivity contribution in [3.63, 3.8) is 0 Å². The van der Waals surface area contributed by atoms with E-state index in [4.69, 9.17) is 4.74 Å². The molecule has 0 aromatic heterocycles. The molecule has 98 valence electrons. The van der Waals surface area contributed by atoms with E-state index in [1.54, 1.807) is 6.92 Å². The molecule has 0 fully saturated rings. The van der Waals surface area contributed by atoms with Crippen molar-refractivity contribution in [1.29, 1.82) is 0 Å². The Morgan fingerprint density at radius 3 is 2.78 bits per heavy atom. The molecular weight excluding hydrogens is 277 g/mol. The molecule has 0 radical (unpaired) electrons. The molecule has 0 atom stereocenters. The van der Waals surface area contributed by atoms with Crippen molar-refractivity contribution in [1.82, 2.24) is 5.32 Å². The third kappa shape index (κ3) is 4.23. The van der Waals surface area contributed by atoms with E-state index in [0.717, 1.165) is 16.9 Å². The van der Waals surface area contributed by atoms with Crippen LogP contribution in [0.25, 0.3) is 0 Å². The van der Waals surface area contributed by atoms with Crippen LogP contribution in [0.3, 0.4) is 0 Å². The van der Waals surface area contributed by atoms with Crippen LogP contribution >= 0.6 is 22.5 Å². The van der Waals surface area contributed by atoms with Gasteiger partial charge in [0.25, 0.3) is 5.91 Å². The van der Waals surface area contributed by atoms with Crippen molar-refractivity contribution < 1.29 is 18.7 Å². The van der Waals surface area contributed by atoms with Crippen molar-refractivity contribution in [3.8, 4) is 5.75 Å². The summed E-state index contributed by atoms with van der Waals surface area (Å²) in [5.74, 6) is -1.55. The normalized spacial score (nSPS) is 9.94. The predicted molar refractivity (Wildman–Crippen MR) is 71.2 cm³/mol. The number of esters is 1. The Hall–Kier alpha value is -1.21. The van der Waals surface area contributed by atoms with Gasteiger partial charge in [-0.1, -0.05) is 17.7 Å². The minimum Gasteiger partial charge on any atom is -0.423 e. The standard InChI is InChI=1S/C11H12FNO3S2/c1-2-10(14)16-9-4-3-7(5-8(9)12)11(15)13-6-18-17/h3-5,17H,2,6H2,1H3,(H,13,15). The van der Waals surface area contributed by atoms with E-state index in [1.165, 1.54) is 12.1 Å². The number of amides is 1. The number of hydrogen-bond donors (Lipinski definition) is 2. The molecule has 1 N–H and O–H groups in total. The molecular formula is C11H12FNO3S2. The number of nitrogens with one attached hydrogen (secondary N) is 1. The minimum atomic E-state index is -0.747. The van der Waals surface area contributed by atoms with Gasteiger partial charge >= 0.3 is 5.97 Å². The molecule has 0 aliphatic carbocycles. The maximum Gasteiger partial charge on any atom is 0.310 e. The maximum absolute atomic E-state index is 13.6. The molecule has 0 unspecified atom stereocenters. The monoisotopic (exact) mass is 289 g/mol. The Bertz CT molecular complexity index is 454. The fourth-order valence-corrected chi connectivity index (χ4v) is 1.51. The minimum absolute atomic E-state index is 0.154. The van der Waals surface area contributed by atoms with E-state index in [2.05, 4.69) is 17.0 Å².